The van der Waals surface area contributed by atoms with E-state index < -0.39 is 0 Å². The van der Waals surface area contributed by atoms with Crippen LogP contribution < -0.4 is 10.6 Å². The molecule has 31 heavy (non-hydrogen) atoms. The largest absolute Gasteiger partial charge is 0.416 e. The molecule has 1 aliphatic carbocycles. The molecule has 2 aromatic heterocycles. The van der Waals surface area contributed by atoms with E-state index in [9.17, 15) is 9.59 Å². The van der Waals surface area contributed by atoms with Crippen LogP contribution in [0, 0.1) is 0 Å². The van der Waals surface area contributed by atoms with Crippen LogP contribution >= 0.6 is 23.1 Å². The summed E-state index contributed by atoms with van der Waals surface area (Å²) in [5, 5.41) is 14.8. The van der Waals surface area contributed by atoms with Crippen molar-refractivity contribution >= 4 is 45.6 Å². The lowest BCUT2D eigenvalue weighted by Crippen LogP contribution is -2.19. The zero-order valence-corrected chi connectivity index (χ0v) is 18.9. The topological polar surface area (TPSA) is 97.1 Å². The summed E-state index contributed by atoms with van der Waals surface area (Å²) in [7, 11) is 0. The van der Waals surface area contributed by atoms with Gasteiger partial charge in [0.25, 0.3) is 11.1 Å². The van der Waals surface area contributed by atoms with E-state index in [2.05, 4.69) is 20.8 Å². The molecule has 7 nitrogen and oxygen atoms in total. The summed E-state index contributed by atoms with van der Waals surface area (Å²) in [6.07, 6.45) is 5.60. The van der Waals surface area contributed by atoms with Gasteiger partial charge in [0.2, 0.25) is 11.8 Å². The quantitative estimate of drug-likeness (QED) is 0.466. The minimum atomic E-state index is -0.201. The summed E-state index contributed by atoms with van der Waals surface area (Å²) < 4.78 is 5.52. The van der Waals surface area contributed by atoms with E-state index in [1.807, 2.05) is 37.3 Å². The number of fused-ring (bicyclic) bond motifs is 1. The van der Waals surface area contributed by atoms with Gasteiger partial charge in [-0.1, -0.05) is 36.9 Å². The fourth-order valence-corrected chi connectivity index (χ4v) is 5.39. The lowest BCUT2D eigenvalue weighted by atomic mass is 9.95. The summed E-state index contributed by atoms with van der Waals surface area (Å²) in [6.45, 7) is 2.04. The second-order valence-corrected chi connectivity index (χ2v) is 9.32. The summed E-state index contributed by atoms with van der Waals surface area (Å²) in [5.41, 5.74) is 2.38. The molecule has 4 rings (SSSR count). The van der Waals surface area contributed by atoms with E-state index in [1.54, 1.807) is 0 Å². The number of amides is 2. The van der Waals surface area contributed by atoms with E-state index in [0.29, 0.717) is 21.7 Å². The Balaban J connectivity index is 1.47. The number of hydrogen-bond donors (Lipinski definition) is 2. The number of carbonyl (C=O) groups excluding carboxylic acids is 2. The first kappa shape index (κ1) is 21.6. The third kappa shape index (κ3) is 5.34. The highest BCUT2D eigenvalue weighted by Crippen LogP contribution is 2.38. The van der Waals surface area contributed by atoms with Crippen LogP contribution in [-0.4, -0.2) is 27.8 Å². The van der Waals surface area contributed by atoms with Crippen LogP contribution in [0.2, 0.25) is 0 Å². The van der Waals surface area contributed by atoms with Gasteiger partial charge in [-0.25, -0.2) is 0 Å². The van der Waals surface area contributed by atoms with Crippen molar-refractivity contribution in [1.82, 2.24) is 10.2 Å². The minimum absolute atomic E-state index is 0.135. The first-order chi connectivity index (χ1) is 15.1. The number of nitrogens with one attached hydrogen (secondary N) is 2. The van der Waals surface area contributed by atoms with Gasteiger partial charge in [-0.2, -0.15) is 0 Å². The standard InChI is InChI=1S/C22H24N4O3S2/c1-2-8-18-25-26-22(29-18)30-13-17(27)24-21-19(15-11-6-7-12-16(15)31-21)20(28)23-14-9-4-3-5-10-14/h3-5,9-10H,2,6-8,11-13H2,1H3,(H,23,28)(H,24,27). The Morgan fingerprint density at radius 3 is 2.74 bits per heavy atom. The van der Waals surface area contributed by atoms with Crippen molar-refractivity contribution in [1.29, 1.82) is 0 Å². The molecule has 0 aliphatic heterocycles. The number of aromatic nitrogens is 2. The molecule has 0 bridgehead atoms. The minimum Gasteiger partial charge on any atom is -0.416 e. The Morgan fingerprint density at radius 2 is 1.94 bits per heavy atom. The van der Waals surface area contributed by atoms with Crippen LogP contribution in [0.5, 0.6) is 0 Å². The number of anilines is 2. The maximum atomic E-state index is 13.1. The van der Waals surface area contributed by atoms with Gasteiger partial charge in [-0.3, -0.25) is 9.59 Å². The molecule has 162 valence electrons. The lowest BCUT2D eigenvalue weighted by molar-refractivity contribution is -0.113. The van der Waals surface area contributed by atoms with Gasteiger partial charge in [0, 0.05) is 17.0 Å². The average Bonchev–Trinajstić information content (AvgIpc) is 3.37. The van der Waals surface area contributed by atoms with Crippen molar-refractivity contribution in [3.8, 4) is 0 Å². The normalized spacial score (nSPS) is 12.9. The SMILES string of the molecule is CCCc1nnc(SCC(=O)Nc2sc3c(c2C(=O)Nc2ccccc2)CCCC3)o1. The zero-order chi connectivity index (χ0) is 21.6. The molecule has 0 saturated carbocycles. The van der Waals surface area contributed by atoms with Gasteiger partial charge in [-0.05, 0) is 49.8 Å². The van der Waals surface area contributed by atoms with E-state index in [-0.39, 0.29) is 17.6 Å². The molecule has 3 aromatic rings. The number of para-hydroxylation sites is 1. The summed E-state index contributed by atoms with van der Waals surface area (Å²) in [6, 6.07) is 9.36. The maximum absolute atomic E-state index is 13.1. The van der Waals surface area contributed by atoms with Crippen molar-refractivity contribution in [3.63, 3.8) is 0 Å². The Bertz CT molecular complexity index is 1060. The van der Waals surface area contributed by atoms with Crippen molar-refractivity contribution in [2.75, 3.05) is 16.4 Å². The molecule has 0 fully saturated rings. The molecule has 0 atom stereocenters. The number of rotatable bonds is 8. The third-order valence-electron chi connectivity index (χ3n) is 4.92. The van der Waals surface area contributed by atoms with Gasteiger partial charge in [0.05, 0.1) is 11.3 Å². The molecule has 0 spiro atoms. The average molecular weight is 457 g/mol. The summed E-state index contributed by atoms with van der Waals surface area (Å²) >= 11 is 2.71. The predicted octanol–water partition coefficient (Wildman–Crippen LogP) is 4.95. The number of carbonyl (C=O) groups is 2. The summed E-state index contributed by atoms with van der Waals surface area (Å²) in [5.74, 6) is 0.328. The first-order valence-corrected chi connectivity index (χ1v) is 12.2. The smallest absolute Gasteiger partial charge is 0.277 e. The molecule has 0 saturated heterocycles. The van der Waals surface area contributed by atoms with Crippen LogP contribution in [0.4, 0.5) is 10.7 Å². The van der Waals surface area contributed by atoms with Gasteiger partial charge in [-0.15, -0.1) is 21.5 Å². The van der Waals surface area contributed by atoms with Crippen LogP contribution in [0.3, 0.4) is 0 Å². The molecule has 2 amide bonds. The molecule has 9 heteroatoms. The fourth-order valence-electron chi connectivity index (χ4n) is 3.51. The van der Waals surface area contributed by atoms with E-state index in [4.69, 9.17) is 4.42 Å². The highest BCUT2D eigenvalue weighted by molar-refractivity contribution is 7.99. The first-order valence-electron chi connectivity index (χ1n) is 10.4. The Morgan fingerprint density at radius 1 is 1.13 bits per heavy atom. The number of benzene rings is 1. The molecule has 1 aromatic carbocycles. The molecular weight excluding hydrogens is 432 g/mol. The third-order valence-corrected chi connectivity index (χ3v) is 6.95. The second-order valence-electron chi connectivity index (χ2n) is 7.28. The second kappa shape index (κ2) is 10.1. The molecule has 0 radical (unpaired) electrons. The van der Waals surface area contributed by atoms with Gasteiger partial charge in [0.15, 0.2) is 0 Å². The van der Waals surface area contributed by atoms with Crippen molar-refractivity contribution in [2.45, 2.75) is 50.7 Å². The van der Waals surface area contributed by atoms with Gasteiger partial charge in [0.1, 0.15) is 5.00 Å². The number of nitrogens with zero attached hydrogens (tertiary/aromatic N) is 2. The Hall–Kier alpha value is -2.65. The maximum Gasteiger partial charge on any atom is 0.277 e. The molecule has 2 heterocycles. The Labute approximate surface area is 189 Å². The lowest BCUT2D eigenvalue weighted by Gasteiger charge is -2.13. The predicted molar refractivity (Wildman–Crippen MR) is 123 cm³/mol. The number of thiophene rings is 1. The molecule has 0 unspecified atom stereocenters. The van der Waals surface area contributed by atoms with E-state index >= 15 is 0 Å². The number of hydrogen-bond acceptors (Lipinski definition) is 7. The van der Waals surface area contributed by atoms with Crippen LogP contribution in [0.15, 0.2) is 40.0 Å². The number of thioether (sulfide) groups is 1. The zero-order valence-electron chi connectivity index (χ0n) is 17.3. The highest BCUT2D eigenvalue weighted by Gasteiger charge is 2.26. The van der Waals surface area contributed by atoms with Crippen molar-refractivity contribution in [3.05, 3.63) is 52.2 Å². The summed E-state index contributed by atoms with van der Waals surface area (Å²) in [4.78, 5) is 26.9. The Kier molecular flexibility index (Phi) is 7.03. The van der Waals surface area contributed by atoms with Crippen LogP contribution in [0.1, 0.15) is 52.9 Å². The monoisotopic (exact) mass is 456 g/mol. The van der Waals surface area contributed by atoms with Crippen molar-refractivity contribution < 1.29 is 14.0 Å². The van der Waals surface area contributed by atoms with Gasteiger partial charge < -0.3 is 15.1 Å². The number of aryl methyl sites for hydroxylation is 2. The van der Waals surface area contributed by atoms with Crippen LogP contribution in [0.25, 0.3) is 0 Å². The molecular formula is C22H24N4O3S2. The van der Waals surface area contributed by atoms with Crippen LogP contribution in [-0.2, 0) is 24.1 Å². The van der Waals surface area contributed by atoms with E-state index in [1.165, 1.54) is 28.0 Å². The fraction of sp³-hybridized carbons (Fsp3) is 0.364. The molecule has 1 aliphatic rings. The highest BCUT2D eigenvalue weighted by atomic mass is 32.2. The molecule has 2 N–H and O–H groups in total. The van der Waals surface area contributed by atoms with E-state index in [0.717, 1.165) is 49.8 Å². The van der Waals surface area contributed by atoms with Gasteiger partial charge >= 0.3 is 0 Å². The van der Waals surface area contributed by atoms with Crippen molar-refractivity contribution in [2.24, 2.45) is 0 Å².